The van der Waals surface area contributed by atoms with Crippen LogP contribution in [0.4, 0.5) is 0 Å². The van der Waals surface area contributed by atoms with E-state index in [0.717, 1.165) is 6.42 Å². The van der Waals surface area contributed by atoms with Crippen molar-refractivity contribution in [1.29, 1.82) is 0 Å². The van der Waals surface area contributed by atoms with Gasteiger partial charge in [-0.15, -0.1) is 0 Å². The highest BCUT2D eigenvalue weighted by Crippen LogP contribution is 2.01. The number of allylic oxidation sites excluding steroid dienone is 1. The van der Waals surface area contributed by atoms with E-state index in [1.165, 1.54) is 12.0 Å². The van der Waals surface area contributed by atoms with Crippen molar-refractivity contribution >= 4 is 6.08 Å². The molecule has 0 atom stereocenters. The zero-order valence-corrected chi connectivity index (χ0v) is 6.88. The number of rotatable bonds is 3. The normalized spacial score (nSPS) is 10.6. The molecule has 0 heterocycles. The van der Waals surface area contributed by atoms with Crippen LogP contribution in [0.2, 0.25) is 0 Å². The van der Waals surface area contributed by atoms with E-state index in [1.807, 2.05) is 18.2 Å². The summed E-state index contributed by atoms with van der Waals surface area (Å²) in [7, 11) is 0. The van der Waals surface area contributed by atoms with Gasteiger partial charge in [0.2, 0.25) is 0 Å². The second-order valence-corrected chi connectivity index (χ2v) is 2.51. The SMILES string of the molecule is CCCC=Cc1[c]cccc1. The van der Waals surface area contributed by atoms with Gasteiger partial charge >= 0.3 is 0 Å². The van der Waals surface area contributed by atoms with Gasteiger partial charge in [-0.3, -0.25) is 0 Å². The molecule has 0 aromatic heterocycles. The molecule has 1 aromatic rings. The van der Waals surface area contributed by atoms with E-state index in [4.69, 9.17) is 0 Å². The first kappa shape index (κ1) is 8.06. The molecular weight excluding hydrogens is 132 g/mol. The second-order valence-electron chi connectivity index (χ2n) is 2.51. The van der Waals surface area contributed by atoms with Gasteiger partial charge in [-0.05, 0) is 18.1 Å². The summed E-state index contributed by atoms with van der Waals surface area (Å²) in [5.41, 5.74) is 1.17. The summed E-state index contributed by atoms with van der Waals surface area (Å²) in [4.78, 5) is 0. The van der Waals surface area contributed by atoms with Crippen LogP contribution in [-0.4, -0.2) is 0 Å². The fraction of sp³-hybridized carbons (Fsp3) is 0.273. The summed E-state index contributed by atoms with van der Waals surface area (Å²) < 4.78 is 0. The summed E-state index contributed by atoms with van der Waals surface area (Å²) in [5, 5.41) is 0. The average Bonchev–Trinajstić information content (AvgIpc) is 2.07. The van der Waals surface area contributed by atoms with Crippen LogP contribution in [0, 0.1) is 6.07 Å². The van der Waals surface area contributed by atoms with Gasteiger partial charge in [-0.25, -0.2) is 0 Å². The molecule has 0 saturated heterocycles. The van der Waals surface area contributed by atoms with E-state index in [2.05, 4.69) is 31.2 Å². The molecule has 0 aliphatic heterocycles. The van der Waals surface area contributed by atoms with Crippen molar-refractivity contribution in [2.24, 2.45) is 0 Å². The van der Waals surface area contributed by atoms with Gasteiger partial charge < -0.3 is 0 Å². The molecule has 0 aliphatic rings. The lowest BCUT2D eigenvalue weighted by Crippen LogP contribution is -1.68. The Labute approximate surface area is 68.6 Å². The molecule has 1 rings (SSSR count). The predicted octanol–water partition coefficient (Wildman–Crippen LogP) is 3.30. The molecule has 0 fully saturated rings. The molecule has 11 heavy (non-hydrogen) atoms. The maximum Gasteiger partial charge on any atom is -0.0106 e. The van der Waals surface area contributed by atoms with Crippen molar-refractivity contribution in [3.8, 4) is 0 Å². The lowest BCUT2D eigenvalue weighted by Gasteiger charge is -1.89. The maximum atomic E-state index is 3.14. The molecule has 0 aliphatic carbocycles. The second kappa shape index (κ2) is 4.73. The minimum Gasteiger partial charge on any atom is -0.0839 e. The molecular formula is C11H13. The Bertz CT molecular complexity index is 209. The number of unbranched alkanes of at least 4 members (excludes halogenated alkanes) is 1. The van der Waals surface area contributed by atoms with Crippen LogP contribution >= 0.6 is 0 Å². The van der Waals surface area contributed by atoms with Crippen LogP contribution in [0.1, 0.15) is 25.3 Å². The Morgan fingerprint density at radius 1 is 1.45 bits per heavy atom. The van der Waals surface area contributed by atoms with Crippen LogP contribution < -0.4 is 0 Å². The van der Waals surface area contributed by atoms with E-state index in [9.17, 15) is 0 Å². The van der Waals surface area contributed by atoms with Gasteiger partial charge in [-0.1, -0.05) is 49.8 Å². The van der Waals surface area contributed by atoms with Gasteiger partial charge in [-0.2, -0.15) is 0 Å². The van der Waals surface area contributed by atoms with Gasteiger partial charge in [0.1, 0.15) is 0 Å². The van der Waals surface area contributed by atoms with Crippen LogP contribution in [0.3, 0.4) is 0 Å². The molecule has 0 spiro atoms. The Kier molecular flexibility index (Phi) is 3.46. The fourth-order valence-electron chi connectivity index (χ4n) is 0.888. The molecule has 0 heteroatoms. The standard InChI is InChI=1S/C11H13/c1-2-3-5-8-11-9-6-4-7-10-11/h4-9H,2-3H2,1H3. The van der Waals surface area contributed by atoms with Crippen LogP contribution in [0.5, 0.6) is 0 Å². The van der Waals surface area contributed by atoms with E-state index in [1.54, 1.807) is 0 Å². The molecule has 1 radical (unpaired) electrons. The highest BCUT2D eigenvalue weighted by molar-refractivity contribution is 5.47. The minimum atomic E-state index is 1.16. The van der Waals surface area contributed by atoms with E-state index >= 15 is 0 Å². The minimum absolute atomic E-state index is 1.16. The average molecular weight is 145 g/mol. The fourth-order valence-corrected chi connectivity index (χ4v) is 0.888. The molecule has 0 nitrogen and oxygen atoms in total. The van der Waals surface area contributed by atoms with Crippen molar-refractivity contribution in [1.82, 2.24) is 0 Å². The Balaban J connectivity index is 2.50. The summed E-state index contributed by atoms with van der Waals surface area (Å²) in [6.45, 7) is 2.18. The highest BCUT2D eigenvalue weighted by atomic mass is 13.9. The zero-order chi connectivity index (χ0) is 7.94. The molecule has 0 amide bonds. The van der Waals surface area contributed by atoms with Gasteiger partial charge in [0, 0.05) is 0 Å². The number of benzene rings is 1. The third-order valence-electron chi connectivity index (χ3n) is 1.49. The van der Waals surface area contributed by atoms with Gasteiger partial charge in [0.15, 0.2) is 0 Å². The summed E-state index contributed by atoms with van der Waals surface area (Å²) in [6, 6.07) is 11.2. The smallest absolute Gasteiger partial charge is 0.0106 e. The summed E-state index contributed by atoms with van der Waals surface area (Å²) in [6.07, 6.45) is 6.67. The van der Waals surface area contributed by atoms with Crippen molar-refractivity contribution in [3.05, 3.63) is 42.0 Å². The number of hydrogen-bond acceptors (Lipinski definition) is 0. The van der Waals surface area contributed by atoms with Crippen molar-refractivity contribution in [3.63, 3.8) is 0 Å². The van der Waals surface area contributed by atoms with Crippen molar-refractivity contribution in [2.75, 3.05) is 0 Å². The van der Waals surface area contributed by atoms with E-state index in [0.29, 0.717) is 0 Å². The molecule has 0 bridgehead atoms. The Morgan fingerprint density at radius 2 is 2.36 bits per heavy atom. The Morgan fingerprint density at radius 3 is 3.00 bits per heavy atom. The topological polar surface area (TPSA) is 0 Å². The first-order valence-electron chi connectivity index (χ1n) is 4.06. The lowest BCUT2D eigenvalue weighted by atomic mass is 10.2. The first-order chi connectivity index (χ1) is 5.43. The van der Waals surface area contributed by atoms with Crippen molar-refractivity contribution < 1.29 is 0 Å². The molecule has 1 aromatic carbocycles. The molecule has 0 saturated carbocycles. The first-order valence-corrected chi connectivity index (χ1v) is 4.06. The van der Waals surface area contributed by atoms with Gasteiger partial charge in [0.25, 0.3) is 0 Å². The zero-order valence-electron chi connectivity index (χ0n) is 6.88. The monoisotopic (exact) mass is 145 g/mol. The number of hydrogen-bond donors (Lipinski definition) is 0. The van der Waals surface area contributed by atoms with Crippen LogP contribution in [0.15, 0.2) is 30.3 Å². The molecule has 0 unspecified atom stereocenters. The Hall–Kier alpha value is -1.04. The molecule has 57 valence electrons. The van der Waals surface area contributed by atoms with E-state index in [-0.39, 0.29) is 0 Å². The largest absolute Gasteiger partial charge is 0.0839 e. The molecule has 0 N–H and O–H groups in total. The van der Waals surface area contributed by atoms with Crippen LogP contribution in [-0.2, 0) is 0 Å². The van der Waals surface area contributed by atoms with Crippen LogP contribution in [0.25, 0.3) is 6.08 Å². The van der Waals surface area contributed by atoms with E-state index < -0.39 is 0 Å². The maximum absolute atomic E-state index is 3.14. The summed E-state index contributed by atoms with van der Waals surface area (Å²) >= 11 is 0. The quantitative estimate of drug-likeness (QED) is 0.612. The van der Waals surface area contributed by atoms with Crippen molar-refractivity contribution in [2.45, 2.75) is 19.8 Å². The summed E-state index contributed by atoms with van der Waals surface area (Å²) in [5.74, 6) is 0. The third kappa shape index (κ3) is 3.03. The highest BCUT2D eigenvalue weighted by Gasteiger charge is 1.81. The predicted molar refractivity (Wildman–Crippen MR) is 49.2 cm³/mol. The van der Waals surface area contributed by atoms with Gasteiger partial charge in [0.05, 0.1) is 0 Å². The lowest BCUT2D eigenvalue weighted by molar-refractivity contribution is 0.962. The third-order valence-corrected chi connectivity index (χ3v) is 1.49.